The van der Waals surface area contributed by atoms with E-state index in [1.165, 1.54) is 109 Å². The molecule has 55 heavy (non-hydrogen) atoms. The van der Waals surface area contributed by atoms with Crippen molar-refractivity contribution in [2.45, 2.75) is 13.1 Å². The maximum Gasteiger partial charge on any atom is 0.113 e. The summed E-state index contributed by atoms with van der Waals surface area (Å²) in [5.74, 6) is 0. The first-order chi connectivity index (χ1) is 27.0. The predicted octanol–water partition coefficient (Wildman–Crippen LogP) is 13.8. The van der Waals surface area contributed by atoms with Crippen LogP contribution in [0.2, 0.25) is 13.1 Å². The lowest BCUT2D eigenvalue weighted by atomic mass is 9.83. The summed E-state index contributed by atoms with van der Waals surface area (Å²) in [5, 5.41) is 13.3. The van der Waals surface area contributed by atoms with Crippen LogP contribution in [0.3, 0.4) is 0 Å². The van der Waals surface area contributed by atoms with E-state index in [-0.39, 0.29) is 0 Å². The van der Waals surface area contributed by atoms with Crippen molar-refractivity contribution in [1.29, 1.82) is 0 Å². The molecule has 0 amide bonds. The van der Waals surface area contributed by atoms with Crippen molar-refractivity contribution in [3.8, 4) is 55.6 Å². The lowest BCUT2D eigenvalue weighted by Crippen LogP contribution is -2.49. The molecular weight excluding hydrogens is 677 g/mol. The summed E-state index contributed by atoms with van der Waals surface area (Å²) in [7, 11) is -1.98. The molecule has 258 valence electrons. The van der Waals surface area contributed by atoms with Crippen molar-refractivity contribution < 1.29 is 0 Å². The van der Waals surface area contributed by atoms with Gasteiger partial charge in [0.15, 0.2) is 0 Å². The van der Waals surface area contributed by atoms with Gasteiger partial charge in [0.05, 0.1) is 0 Å². The van der Waals surface area contributed by atoms with Crippen LogP contribution in [0.4, 0.5) is 0 Å². The van der Waals surface area contributed by atoms with Crippen LogP contribution in [-0.4, -0.2) is 8.07 Å². The zero-order chi connectivity index (χ0) is 36.7. The van der Waals surface area contributed by atoms with Crippen molar-refractivity contribution in [3.63, 3.8) is 0 Å². The molecule has 1 aliphatic rings. The Labute approximate surface area is 323 Å². The van der Waals surface area contributed by atoms with Crippen molar-refractivity contribution in [2.75, 3.05) is 0 Å². The molecule has 10 aromatic rings. The Balaban J connectivity index is 1.31. The quantitative estimate of drug-likeness (QED) is 0.126. The highest BCUT2D eigenvalue weighted by atomic mass is 28.3. The van der Waals surface area contributed by atoms with Crippen LogP contribution in [0, 0.1) is 0 Å². The molecule has 0 fully saturated rings. The van der Waals surface area contributed by atoms with E-state index >= 15 is 0 Å². The van der Waals surface area contributed by atoms with Gasteiger partial charge in [-0.25, -0.2) is 0 Å². The molecule has 1 heteroatoms. The first-order valence-corrected chi connectivity index (χ1v) is 22.3. The Hall–Kier alpha value is -6.54. The van der Waals surface area contributed by atoms with Gasteiger partial charge in [-0.2, -0.15) is 0 Å². The third-order valence-electron chi connectivity index (χ3n) is 12.2. The van der Waals surface area contributed by atoms with Crippen LogP contribution < -0.4 is 10.4 Å². The fraction of sp³-hybridized carbons (Fsp3) is 0.0370. The maximum atomic E-state index is 2.61. The Morgan fingerprint density at radius 1 is 0.273 bits per heavy atom. The van der Waals surface area contributed by atoms with E-state index in [0.29, 0.717) is 0 Å². The van der Waals surface area contributed by atoms with E-state index in [1.54, 1.807) is 0 Å². The number of fused-ring (bicyclic) bond motifs is 7. The molecule has 0 nitrogen and oxygen atoms in total. The SMILES string of the molecule is C[Si]1(C)c2ccccc2-c2cc3c(-c4ccc5ccccc5c4)c4ccc(-c5ccccc5-c5ccccc5)cc4c(-c4ccc5ccccc5c4)c3cc21. The number of hydrogen-bond acceptors (Lipinski definition) is 0. The molecule has 0 saturated heterocycles. The molecule has 1 heterocycles. The van der Waals surface area contributed by atoms with Gasteiger partial charge < -0.3 is 0 Å². The predicted molar refractivity (Wildman–Crippen MR) is 240 cm³/mol. The Morgan fingerprint density at radius 3 is 1.44 bits per heavy atom. The third kappa shape index (κ3) is 4.97. The molecule has 0 bridgehead atoms. The van der Waals surface area contributed by atoms with Gasteiger partial charge in [-0.15, -0.1) is 0 Å². The topological polar surface area (TPSA) is 0 Å². The summed E-state index contributed by atoms with van der Waals surface area (Å²) < 4.78 is 0. The van der Waals surface area contributed by atoms with E-state index in [0.717, 1.165) is 0 Å². The van der Waals surface area contributed by atoms with Gasteiger partial charge in [0.1, 0.15) is 8.07 Å². The molecule has 10 aromatic carbocycles. The average molecular weight is 715 g/mol. The van der Waals surface area contributed by atoms with Crippen LogP contribution in [0.5, 0.6) is 0 Å². The number of hydrogen-bond donors (Lipinski definition) is 0. The smallest absolute Gasteiger partial charge is 0.0623 e. The van der Waals surface area contributed by atoms with Crippen LogP contribution >= 0.6 is 0 Å². The summed E-state index contributed by atoms with van der Waals surface area (Å²) in [6.07, 6.45) is 0. The summed E-state index contributed by atoms with van der Waals surface area (Å²) >= 11 is 0. The van der Waals surface area contributed by atoms with E-state index in [2.05, 4.69) is 207 Å². The lowest BCUT2D eigenvalue weighted by molar-refractivity contribution is 1.59. The standard InChI is InChI=1S/C54H38Si/c1-55(2)51-23-13-12-22-45(51)47-33-49-50(34-52(47)55)54(42-27-25-36-15-7-9-19-39(36)31-42)48-32-40(44-21-11-10-20-43(44)37-16-4-3-5-17-37)28-29-46(48)53(49)41-26-24-35-14-6-8-18-38(35)30-41/h3-34H,1-2H3. The van der Waals surface area contributed by atoms with Crippen molar-refractivity contribution in [2.24, 2.45) is 0 Å². The summed E-state index contributed by atoms with van der Waals surface area (Å²) in [6.45, 7) is 5.06. The molecule has 0 unspecified atom stereocenters. The molecule has 0 aromatic heterocycles. The minimum absolute atomic E-state index is 1.22. The summed E-state index contributed by atoms with van der Waals surface area (Å²) in [5.41, 5.74) is 12.9. The van der Waals surface area contributed by atoms with E-state index in [1.807, 2.05) is 0 Å². The molecule has 0 radical (unpaired) electrons. The van der Waals surface area contributed by atoms with Gasteiger partial charge in [-0.05, 0) is 133 Å². The van der Waals surface area contributed by atoms with Gasteiger partial charge in [0.25, 0.3) is 0 Å². The summed E-state index contributed by atoms with van der Waals surface area (Å²) in [6, 6.07) is 72.8. The zero-order valence-corrected chi connectivity index (χ0v) is 32.0. The maximum absolute atomic E-state index is 2.61. The van der Waals surface area contributed by atoms with Crippen LogP contribution in [-0.2, 0) is 0 Å². The van der Waals surface area contributed by atoms with Gasteiger partial charge in [-0.3, -0.25) is 0 Å². The largest absolute Gasteiger partial charge is 0.113 e. The first-order valence-electron chi connectivity index (χ1n) is 19.3. The Kier molecular flexibility index (Phi) is 7.11. The van der Waals surface area contributed by atoms with Gasteiger partial charge in [0.2, 0.25) is 0 Å². The Bertz CT molecular complexity index is 3170. The molecule has 0 atom stereocenters. The monoisotopic (exact) mass is 714 g/mol. The van der Waals surface area contributed by atoms with Gasteiger partial charge >= 0.3 is 0 Å². The summed E-state index contributed by atoms with van der Waals surface area (Å²) in [4.78, 5) is 0. The highest BCUT2D eigenvalue weighted by Crippen LogP contribution is 2.48. The molecular formula is C54H38Si. The van der Waals surface area contributed by atoms with Gasteiger partial charge in [0, 0.05) is 0 Å². The molecule has 0 aliphatic carbocycles. The Morgan fingerprint density at radius 2 is 0.764 bits per heavy atom. The second-order valence-electron chi connectivity index (χ2n) is 15.7. The van der Waals surface area contributed by atoms with E-state index < -0.39 is 8.07 Å². The fourth-order valence-corrected chi connectivity index (χ4v) is 12.6. The molecule has 1 aliphatic heterocycles. The fourth-order valence-electron chi connectivity index (χ4n) is 9.50. The number of benzene rings is 10. The molecule has 0 saturated carbocycles. The molecule has 11 rings (SSSR count). The highest BCUT2D eigenvalue weighted by molar-refractivity contribution is 7.04. The van der Waals surface area contributed by atoms with E-state index in [9.17, 15) is 0 Å². The normalized spacial score (nSPS) is 13.1. The van der Waals surface area contributed by atoms with Crippen LogP contribution in [0.15, 0.2) is 194 Å². The average Bonchev–Trinajstić information content (AvgIpc) is 3.46. The van der Waals surface area contributed by atoms with Crippen LogP contribution in [0.25, 0.3) is 98.7 Å². The van der Waals surface area contributed by atoms with Crippen molar-refractivity contribution >= 4 is 61.5 Å². The molecule has 0 N–H and O–H groups in total. The highest BCUT2D eigenvalue weighted by Gasteiger charge is 2.38. The minimum Gasteiger partial charge on any atom is -0.0623 e. The second-order valence-corrected chi connectivity index (χ2v) is 20.0. The zero-order valence-electron chi connectivity index (χ0n) is 31.0. The van der Waals surface area contributed by atoms with Crippen molar-refractivity contribution in [3.05, 3.63) is 194 Å². The van der Waals surface area contributed by atoms with Gasteiger partial charge in [-0.1, -0.05) is 183 Å². The molecule has 0 spiro atoms. The first kappa shape index (κ1) is 31.9. The number of rotatable bonds is 4. The second kappa shape index (κ2) is 12.2. The third-order valence-corrected chi connectivity index (χ3v) is 15.8. The lowest BCUT2D eigenvalue weighted by Gasteiger charge is -2.23. The van der Waals surface area contributed by atoms with Crippen molar-refractivity contribution in [1.82, 2.24) is 0 Å². The van der Waals surface area contributed by atoms with E-state index in [4.69, 9.17) is 0 Å². The van der Waals surface area contributed by atoms with Crippen LogP contribution in [0.1, 0.15) is 0 Å². The minimum atomic E-state index is -1.98.